The molecule has 0 spiro atoms. The Morgan fingerprint density at radius 1 is 1.47 bits per heavy atom. The summed E-state index contributed by atoms with van der Waals surface area (Å²) in [5.41, 5.74) is -0.873. The van der Waals surface area contributed by atoms with E-state index in [1.165, 1.54) is 0 Å². The van der Waals surface area contributed by atoms with Crippen LogP contribution in [0.25, 0.3) is 0 Å². The number of halogens is 3. The molecule has 0 bridgehead atoms. The highest BCUT2D eigenvalue weighted by atomic mass is 32.1. The summed E-state index contributed by atoms with van der Waals surface area (Å²) < 4.78 is 41.4. The van der Waals surface area contributed by atoms with Gasteiger partial charge in [0, 0.05) is 6.20 Å². The molecule has 0 aromatic carbocycles. The molecule has 2 N–H and O–H groups in total. The Kier molecular flexibility index (Phi) is 5.04. The number of thiocarbonyl (C=S) groups is 1. The van der Waals surface area contributed by atoms with Gasteiger partial charge in [-0.3, -0.25) is 5.32 Å². The highest BCUT2D eigenvalue weighted by Crippen LogP contribution is 2.28. The molecule has 9 heteroatoms. The summed E-state index contributed by atoms with van der Waals surface area (Å²) >= 11 is 4.75. The van der Waals surface area contributed by atoms with Crippen molar-refractivity contribution in [1.29, 1.82) is 0 Å². The third-order valence-corrected chi connectivity index (χ3v) is 2.03. The first kappa shape index (κ1) is 15.2. The second-order valence-corrected chi connectivity index (χ2v) is 3.64. The summed E-state index contributed by atoms with van der Waals surface area (Å²) in [6.07, 6.45) is -4.54. The Labute approximate surface area is 112 Å². The number of aromatic nitrogens is 1. The standard InChI is InChI=1S/C10H10F3N3O2S/c1-2-18-9(17)16-8(19)15-7-4-3-6(5-14-7)10(11,12)13/h3-5H,2H2,1H3,(H2,14,15,16,17,19). The van der Waals surface area contributed by atoms with Crippen molar-refractivity contribution < 1.29 is 22.7 Å². The molecule has 5 nitrogen and oxygen atoms in total. The Balaban J connectivity index is 2.58. The van der Waals surface area contributed by atoms with Crippen LogP contribution < -0.4 is 10.6 Å². The number of hydrogen-bond donors (Lipinski definition) is 2. The number of nitrogens with zero attached hydrogens (tertiary/aromatic N) is 1. The molecule has 1 aromatic rings. The largest absolute Gasteiger partial charge is 0.450 e. The maximum Gasteiger partial charge on any atom is 0.417 e. The first-order chi connectivity index (χ1) is 8.82. The summed E-state index contributed by atoms with van der Waals surface area (Å²) in [6.45, 7) is 1.79. The quantitative estimate of drug-likeness (QED) is 0.820. The molecule has 1 aromatic heterocycles. The Morgan fingerprint density at radius 2 is 2.16 bits per heavy atom. The number of ether oxygens (including phenoxy) is 1. The van der Waals surface area contributed by atoms with Gasteiger partial charge in [0.15, 0.2) is 5.11 Å². The minimum atomic E-state index is -4.45. The van der Waals surface area contributed by atoms with E-state index in [0.29, 0.717) is 6.20 Å². The lowest BCUT2D eigenvalue weighted by molar-refractivity contribution is -0.137. The fraction of sp³-hybridized carbons (Fsp3) is 0.300. The van der Waals surface area contributed by atoms with Gasteiger partial charge in [0.1, 0.15) is 5.82 Å². The van der Waals surface area contributed by atoms with Crippen LogP contribution in [-0.4, -0.2) is 22.8 Å². The number of hydrogen-bond acceptors (Lipinski definition) is 4. The predicted molar refractivity (Wildman–Crippen MR) is 65.6 cm³/mol. The lowest BCUT2D eigenvalue weighted by atomic mass is 10.3. The number of pyridine rings is 1. The number of carbonyl (C=O) groups is 1. The van der Waals surface area contributed by atoms with E-state index in [4.69, 9.17) is 12.2 Å². The zero-order valence-electron chi connectivity index (χ0n) is 9.75. The van der Waals surface area contributed by atoms with Crippen LogP contribution in [0.5, 0.6) is 0 Å². The van der Waals surface area contributed by atoms with Crippen molar-refractivity contribution in [2.24, 2.45) is 0 Å². The SMILES string of the molecule is CCOC(=O)NC(=S)Nc1ccc(C(F)(F)F)cn1. The fourth-order valence-electron chi connectivity index (χ4n) is 1.04. The maximum absolute atomic E-state index is 12.3. The fourth-order valence-corrected chi connectivity index (χ4v) is 1.23. The molecule has 1 amide bonds. The van der Waals surface area contributed by atoms with Gasteiger partial charge in [0.05, 0.1) is 12.2 Å². The second kappa shape index (κ2) is 6.32. The normalized spacial score (nSPS) is 10.7. The van der Waals surface area contributed by atoms with Gasteiger partial charge in [-0.25, -0.2) is 9.78 Å². The van der Waals surface area contributed by atoms with E-state index >= 15 is 0 Å². The predicted octanol–water partition coefficient (Wildman–Crippen LogP) is 2.54. The number of carbonyl (C=O) groups excluding carboxylic acids is 1. The Bertz CT molecular complexity index is 462. The summed E-state index contributed by atoms with van der Waals surface area (Å²) in [5.74, 6) is 0.0785. The highest BCUT2D eigenvalue weighted by Gasteiger charge is 2.30. The van der Waals surface area contributed by atoms with Crippen LogP contribution in [0.1, 0.15) is 12.5 Å². The number of alkyl halides is 3. The van der Waals surface area contributed by atoms with Gasteiger partial charge >= 0.3 is 12.3 Å². The van der Waals surface area contributed by atoms with Crippen molar-refractivity contribution in [3.05, 3.63) is 23.9 Å². The third-order valence-electron chi connectivity index (χ3n) is 1.82. The van der Waals surface area contributed by atoms with Gasteiger partial charge < -0.3 is 10.1 Å². The van der Waals surface area contributed by atoms with Crippen molar-refractivity contribution in [1.82, 2.24) is 10.3 Å². The van der Waals surface area contributed by atoms with E-state index in [0.717, 1.165) is 12.1 Å². The van der Waals surface area contributed by atoms with Gasteiger partial charge in [-0.05, 0) is 31.3 Å². The van der Waals surface area contributed by atoms with Gasteiger partial charge in [-0.1, -0.05) is 0 Å². The Morgan fingerprint density at radius 3 is 2.63 bits per heavy atom. The number of rotatable bonds is 2. The van der Waals surface area contributed by atoms with Crippen molar-refractivity contribution in [3.8, 4) is 0 Å². The molecule has 0 radical (unpaired) electrons. The van der Waals surface area contributed by atoms with E-state index in [1.54, 1.807) is 6.92 Å². The first-order valence-electron chi connectivity index (χ1n) is 5.11. The van der Waals surface area contributed by atoms with Gasteiger partial charge in [0.25, 0.3) is 0 Å². The van der Waals surface area contributed by atoms with Crippen LogP contribution >= 0.6 is 12.2 Å². The molecule has 0 unspecified atom stereocenters. The van der Waals surface area contributed by atoms with Crippen LogP contribution in [0, 0.1) is 0 Å². The number of nitrogens with one attached hydrogen (secondary N) is 2. The van der Waals surface area contributed by atoms with E-state index in [2.05, 4.69) is 20.4 Å². The summed E-state index contributed by atoms with van der Waals surface area (Å²) in [4.78, 5) is 14.5. The zero-order valence-corrected chi connectivity index (χ0v) is 10.6. The minimum Gasteiger partial charge on any atom is -0.450 e. The number of alkyl carbamates (subject to hydrolysis) is 1. The zero-order chi connectivity index (χ0) is 14.5. The minimum absolute atomic E-state index is 0.0785. The van der Waals surface area contributed by atoms with E-state index in [-0.39, 0.29) is 17.5 Å². The summed E-state index contributed by atoms with van der Waals surface area (Å²) in [6, 6.07) is 1.95. The van der Waals surface area contributed by atoms with E-state index < -0.39 is 17.8 Å². The molecule has 0 atom stereocenters. The van der Waals surface area contributed by atoms with Crippen LogP contribution in [0.3, 0.4) is 0 Å². The number of amides is 1. The molecule has 19 heavy (non-hydrogen) atoms. The second-order valence-electron chi connectivity index (χ2n) is 3.23. The average molecular weight is 293 g/mol. The van der Waals surface area contributed by atoms with Crippen LogP contribution in [0.15, 0.2) is 18.3 Å². The van der Waals surface area contributed by atoms with Gasteiger partial charge in [0.2, 0.25) is 0 Å². The molecule has 1 rings (SSSR count). The summed E-state index contributed by atoms with van der Waals surface area (Å²) in [5, 5.41) is 4.50. The molecule has 104 valence electrons. The summed E-state index contributed by atoms with van der Waals surface area (Å²) in [7, 11) is 0. The lowest BCUT2D eigenvalue weighted by Crippen LogP contribution is -2.34. The van der Waals surface area contributed by atoms with Crippen LogP contribution in [0.4, 0.5) is 23.8 Å². The molecular weight excluding hydrogens is 283 g/mol. The topological polar surface area (TPSA) is 63.2 Å². The monoisotopic (exact) mass is 293 g/mol. The van der Waals surface area contributed by atoms with E-state index in [9.17, 15) is 18.0 Å². The van der Waals surface area contributed by atoms with Crippen LogP contribution in [0.2, 0.25) is 0 Å². The first-order valence-corrected chi connectivity index (χ1v) is 5.51. The maximum atomic E-state index is 12.3. The Hall–Kier alpha value is -1.90. The smallest absolute Gasteiger partial charge is 0.417 e. The molecule has 0 aliphatic rings. The van der Waals surface area contributed by atoms with Crippen LogP contribution in [-0.2, 0) is 10.9 Å². The van der Waals surface area contributed by atoms with Crippen molar-refractivity contribution in [3.63, 3.8) is 0 Å². The molecule has 0 saturated carbocycles. The van der Waals surface area contributed by atoms with Gasteiger partial charge in [-0.2, -0.15) is 13.2 Å². The van der Waals surface area contributed by atoms with Crippen molar-refractivity contribution in [2.75, 3.05) is 11.9 Å². The lowest BCUT2D eigenvalue weighted by Gasteiger charge is -2.10. The highest BCUT2D eigenvalue weighted by molar-refractivity contribution is 7.80. The third kappa shape index (κ3) is 5.08. The van der Waals surface area contributed by atoms with E-state index in [1.807, 2.05) is 0 Å². The molecule has 0 aliphatic carbocycles. The van der Waals surface area contributed by atoms with Crippen molar-refractivity contribution in [2.45, 2.75) is 13.1 Å². The number of anilines is 1. The molecule has 0 saturated heterocycles. The van der Waals surface area contributed by atoms with Gasteiger partial charge in [-0.15, -0.1) is 0 Å². The average Bonchev–Trinajstić information content (AvgIpc) is 2.28. The molecule has 1 heterocycles. The van der Waals surface area contributed by atoms with Crippen molar-refractivity contribution >= 4 is 29.2 Å². The molecular formula is C10H10F3N3O2S. The molecule has 0 fully saturated rings. The molecule has 0 aliphatic heterocycles.